The van der Waals surface area contributed by atoms with E-state index in [-0.39, 0.29) is 6.04 Å². The number of piperazine rings is 1. The first-order valence-electron chi connectivity index (χ1n) is 8.80. The molecule has 2 aromatic rings. The van der Waals surface area contributed by atoms with E-state index in [9.17, 15) is 0 Å². The second-order valence-electron chi connectivity index (χ2n) is 6.36. The molecule has 1 aromatic heterocycles. The van der Waals surface area contributed by atoms with E-state index in [0.29, 0.717) is 0 Å². The predicted molar refractivity (Wildman–Crippen MR) is 99.6 cm³/mol. The van der Waals surface area contributed by atoms with E-state index < -0.39 is 0 Å². The highest BCUT2D eigenvalue weighted by atomic mass is 15.3. The maximum atomic E-state index is 4.64. The Labute approximate surface area is 144 Å². The molecule has 0 bridgehead atoms. The number of hydrogen-bond donors (Lipinski definition) is 1. The molecule has 0 spiro atoms. The van der Waals surface area contributed by atoms with Gasteiger partial charge in [-0.25, -0.2) is 9.97 Å². The standard InChI is InChI=1S/C19H27N5/c1-4-23-10-12-24(13-11-23)19-14-18(21-16(3)22-19)20-15(2)17-8-6-5-7-9-17/h5-9,14-15H,4,10-13H2,1-3H3,(H,20,21,22). The summed E-state index contributed by atoms with van der Waals surface area (Å²) in [4.78, 5) is 14.0. The van der Waals surface area contributed by atoms with Gasteiger partial charge in [-0.2, -0.15) is 0 Å². The smallest absolute Gasteiger partial charge is 0.134 e. The van der Waals surface area contributed by atoms with Crippen LogP contribution in [0, 0.1) is 6.92 Å². The van der Waals surface area contributed by atoms with E-state index in [1.807, 2.05) is 13.0 Å². The number of nitrogens with one attached hydrogen (secondary N) is 1. The van der Waals surface area contributed by atoms with Crippen LogP contribution < -0.4 is 10.2 Å². The second kappa shape index (κ2) is 7.62. The van der Waals surface area contributed by atoms with Crippen molar-refractivity contribution in [3.8, 4) is 0 Å². The molecule has 128 valence electrons. The molecule has 1 aliphatic rings. The van der Waals surface area contributed by atoms with Crippen molar-refractivity contribution in [1.82, 2.24) is 14.9 Å². The number of aryl methyl sites for hydroxylation is 1. The van der Waals surface area contributed by atoms with Gasteiger partial charge in [0.1, 0.15) is 17.5 Å². The normalized spacial score (nSPS) is 16.9. The maximum absolute atomic E-state index is 4.64. The van der Waals surface area contributed by atoms with Gasteiger partial charge in [0.15, 0.2) is 0 Å². The van der Waals surface area contributed by atoms with Crippen LogP contribution in [0.5, 0.6) is 0 Å². The summed E-state index contributed by atoms with van der Waals surface area (Å²) >= 11 is 0. The highest BCUT2D eigenvalue weighted by Crippen LogP contribution is 2.22. The van der Waals surface area contributed by atoms with Gasteiger partial charge in [-0.15, -0.1) is 0 Å². The largest absolute Gasteiger partial charge is 0.363 e. The molecular weight excluding hydrogens is 298 g/mol. The Morgan fingerprint density at radius 1 is 1.08 bits per heavy atom. The number of aromatic nitrogens is 2. The molecule has 24 heavy (non-hydrogen) atoms. The van der Waals surface area contributed by atoms with Crippen molar-refractivity contribution in [2.75, 3.05) is 42.9 Å². The fourth-order valence-corrected chi connectivity index (χ4v) is 3.13. The zero-order valence-corrected chi connectivity index (χ0v) is 14.9. The molecule has 1 aromatic carbocycles. The van der Waals surface area contributed by atoms with Gasteiger partial charge in [0.25, 0.3) is 0 Å². The number of anilines is 2. The van der Waals surface area contributed by atoms with Gasteiger partial charge < -0.3 is 15.1 Å². The van der Waals surface area contributed by atoms with Crippen molar-refractivity contribution in [1.29, 1.82) is 0 Å². The van der Waals surface area contributed by atoms with Gasteiger partial charge >= 0.3 is 0 Å². The van der Waals surface area contributed by atoms with Crippen LogP contribution in [0.15, 0.2) is 36.4 Å². The Bertz CT molecular complexity index is 650. The minimum atomic E-state index is 0.213. The summed E-state index contributed by atoms with van der Waals surface area (Å²) in [6, 6.07) is 12.7. The maximum Gasteiger partial charge on any atom is 0.134 e. The van der Waals surface area contributed by atoms with E-state index in [1.165, 1.54) is 5.56 Å². The molecule has 3 rings (SSSR count). The average Bonchev–Trinajstić information content (AvgIpc) is 2.62. The van der Waals surface area contributed by atoms with Gasteiger partial charge in [-0.05, 0) is 26.0 Å². The van der Waals surface area contributed by atoms with Gasteiger partial charge in [-0.3, -0.25) is 0 Å². The Morgan fingerprint density at radius 3 is 2.46 bits per heavy atom. The van der Waals surface area contributed by atoms with Crippen LogP contribution >= 0.6 is 0 Å². The summed E-state index contributed by atoms with van der Waals surface area (Å²) in [7, 11) is 0. The third kappa shape index (κ3) is 4.03. The topological polar surface area (TPSA) is 44.3 Å². The molecule has 1 fully saturated rings. The number of benzene rings is 1. The molecule has 0 aliphatic carbocycles. The molecule has 0 amide bonds. The lowest BCUT2D eigenvalue weighted by Crippen LogP contribution is -2.46. The van der Waals surface area contributed by atoms with Crippen LogP contribution in [-0.4, -0.2) is 47.6 Å². The number of likely N-dealkylation sites (N-methyl/N-ethyl adjacent to an activating group) is 1. The van der Waals surface area contributed by atoms with Gasteiger partial charge in [-0.1, -0.05) is 37.3 Å². The van der Waals surface area contributed by atoms with Crippen molar-refractivity contribution in [2.45, 2.75) is 26.8 Å². The molecule has 1 N–H and O–H groups in total. The minimum absolute atomic E-state index is 0.213. The molecule has 1 aliphatic heterocycles. The van der Waals surface area contributed by atoms with E-state index in [0.717, 1.165) is 50.2 Å². The summed E-state index contributed by atoms with van der Waals surface area (Å²) in [5, 5.41) is 3.51. The summed E-state index contributed by atoms with van der Waals surface area (Å²) in [5.74, 6) is 2.74. The number of hydrogen-bond acceptors (Lipinski definition) is 5. The van der Waals surface area contributed by atoms with E-state index in [1.54, 1.807) is 0 Å². The molecule has 5 heteroatoms. The molecule has 2 heterocycles. The highest BCUT2D eigenvalue weighted by Gasteiger charge is 2.18. The van der Waals surface area contributed by atoms with Crippen molar-refractivity contribution in [3.05, 3.63) is 47.8 Å². The molecule has 5 nitrogen and oxygen atoms in total. The third-order valence-corrected chi connectivity index (χ3v) is 4.63. The van der Waals surface area contributed by atoms with Crippen LogP contribution in [0.1, 0.15) is 31.3 Å². The Kier molecular flexibility index (Phi) is 5.30. The van der Waals surface area contributed by atoms with Crippen LogP contribution in [-0.2, 0) is 0 Å². The van der Waals surface area contributed by atoms with Crippen molar-refractivity contribution in [3.63, 3.8) is 0 Å². The molecule has 0 saturated carbocycles. The van der Waals surface area contributed by atoms with Gasteiger partial charge in [0.05, 0.1) is 0 Å². The zero-order chi connectivity index (χ0) is 16.9. The van der Waals surface area contributed by atoms with Gasteiger partial charge in [0.2, 0.25) is 0 Å². The molecule has 1 saturated heterocycles. The summed E-state index contributed by atoms with van der Waals surface area (Å²) in [6.07, 6.45) is 0. The second-order valence-corrected chi connectivity index (χ2v) is 6.36. The molecule has 1 atom stereocenters. The van der Waals surface area contributed by atoms with E-state index >= 15 is 0 Å². The lowest BCUT2D eigenvalue weighted by molar-refractivity contribution is 0.270. The SMILES string of the molecule is CCN1CCN(c2cc(NC(C)c3ccccc3)nc(C)n2)CC1. The molecular formula is C19H27N5. The monoisotopic (exact) mass is 325 g/mol. The van der Waals surface area contributed by atoms with E-state index in [2.05, 4.69) is 69.3 Å². The third-order valence-electron chi connectivity index (χ3n) is 4.63. The average molecular weight is 325 g/mol. The van der Waals surface area contributed by atoms with Crippen molar-refractivity contribution in [2.24, 2.45) is 0 Å². The van der Waals surface area contributed by atoms with Crippen LogP contribution in [0.3, 0.4) is 0 Å². The van der Waals surface area contributed by atoms with Crippen LogP contribution in [0.4, 0.5) is 11.6 Å². The Balaban J connectivity index is 1.72. The fraction of sp³-hybridized carbons (Fsp3) is 0.474. The van der Waals surface area contributed by atoms with Crippen molar-refractivity contribution >= 4 is 11.6 Å². The first kappa shape index (κ1) is 16.7. The molecule has 1 unspecified atom stereocenters. The summed E-state index contributed by atoms with van der Waals surface area (Å²) < 4.78 is 0. The number of nitrogens with zero attached hydrogens (tertiary/aromatic N) is 4. The Morgan fingerprint density at radius 2 is 1.79 bits per heavy atom. The van der Waals surface area contributed by atoms with Gasteiger partial charge in [0, 0.05) is 38.3 Å². The zero-order valence-electron chi connectivity index (χ0n) is 14.9. The molecule has 0 radical (unpaired) electrons. The fourth-order valence-electron chi connectivity index (χ4n) is 3.13. The summed E-state index contributed by atoms with van der Waals surface area (Å²) in [5.41, 5.74) is 1.26. The number of rotatable bonds is 5. The highest BCUT2D eigenvalue weighted by molar-refractivity contribution is 5.50. The quantitative estimate of drug-likeness (QED) is 0.915. The predicted octanol–water partition coefficient (Wildman–Crippen LogP) is 3.10. The Hall–Kier alpha value is -2.14. The van der Waals surface area contributed by atoms with Crippen LogP contribution in [0.25, 0.3) is 0 Å². The van der Waals surface area contributed by atoms with Crippen LogP contribution in [0.2, 0.25) is 0 Å². The minimum Gasteiger partial charge on any atom is -0.363 e. The lowest BCUT2D eigenvalue weighted by atomic mass is 10.1. The first-order valence-corrected chi connectivity index (χ1v) is 8.80. The van der Waals surface area contributed by atoms with Crippen molar-refractivity contribution < 1.29 is 0 Å². The first-order chi connectivity index (χ1) is 11.7. The van der Waals surface area contributed by atoms with E-state index in [4.69, 9.17) is 0 Å². The lowest BCUT2D eigenvalue weighted by Gasteiger charge is -2.35. The summed E-state index contributed by atoms with van der Waals surface area (Å²) in [6.45, 7) is 11.7.